The van der Waals surface area contributed by atoms with Gasteiger partial charge in [0.2, 0.25) is 11.8 Å². The minimum atomic E-state index is -3.98. The number of aliphatic hydroxyl groups excluding tert-OH is 2. The molecule has 1 fully saturated rings. The maximum atomic E-state index is 13.8. The van der Waals surface area contributed by atoms with E-state index in [9.17, 15) is 19.6 Å². The number of nitrogens with two attached hydrogens (primary N) is 1. The third kappa shape index (κ3) is 7.90. The number of fused-ring (bicyclic) bond motifs is 1. The molecule has 3 aromatic rings. The number of aromatic nitrogens is 4. The number of thioether (sulfide) groups is 1. The first-order chi connectivity index (χ1) is 20.8. The van der Waals surface area contributed by atoms with Gasteiger partial charge in [0.05, 0.1) is 38.2 Å². The molecule has 14 nitrogen and oxygen atoms in total. The van der Waals surface area contributed by atoms with Gasteiger partial charge in [-0.2, -0.15) is 9.97 Å². The number of benzene rings is 1. The Hall–Kier alpha value is -2.33. The molecule has 44 heavy (non-hydrogen) atoms. The van der Waals surface area contributed by atoms with E-state index in [0.29, 0.717) is 17.8 Å². The number of halogens is 1. The van der Waals surface area contributed by atoms with Gasteiger partial charge in [0.15, 0.2) is 22.5 Å². The Balaban J connectivity index is 1.48. The molecule has 0 spiro atoms. The molecule has 0 bridgehead atoms. The van der Waals surface area contributed by atoms with Crippen molar-refractivity contribution in [2.24, 2.45) is 5.41 Å². The fourth-order valence-electron chi connectivity index (χ4n) is 4.30. The Morgan fingerprint density at radius 2 is 2.02 bits per heavy atom. The highest BCUT2D eigenvalue weighted by Gasteiger charge is 2.54. The van der Waals surface area contributed by atoms with Crippen molar-refractivity contribution in [1.82, 2.24) is 24.6 Å². The summed E-state index contributed by atoms with van der Waals surface area (Å²) in [5, 5.41) is 23.2. The summed E-state index contributed by atoms with van der Waals surface area (Å²) in [6.07, 6.45) is -1.83. The van der Waals surface area contributed by atoms with Gasteiger partial charge in [-0.15, -0.1) is 11.6 Å². The van der Waals surface area contributed by atoms with Crippen LogP contribution >= 0.6 is 31.1 Å². The number of carbonyl (C=O) groups is 1. The Morgan fingerprint density at radius 1 is 1.30 bits per heavy atom. The summed E-state index contributed by atoms with van der Waals surface area (Å²) < 4.78 is 38.5. The molecule has 0 radical (unpaired) electrons. The van der Waals surface area contributed by atoms with Crippen LogP contribution in [0.25, 0.3) is 11.2 Å². The van der Waals surface area contributed by atoms with Crippen molar-refractivity contribution in [2.45, 2.75) is 57.5 Å². The van der Waals surface area contributed by atoms with Gasteiger partial charge in [0, 0.05) is 12.3 Å². The Labute approximate surface area is 264 Å². The molecule has 1 aromatic carbocycles. The molecule has 0 unspecified atom stereocenters. The summed E-state index contributed by atoms with van der Waals surface area (Å²) >= 11 is 7.79. The van der Waals surface area contributed by atoms with Gasteiger partial charge < -0.3 is 25.4 Å². The van der Waals surface area contributed by atoms with Crippen LogP contribution in [0.5, 0.6) is 5.88 Å². The van der Waals surface area contributed by atoms with E-state index in [-0.39, 0.29) is 49.1 Å². The third-order valence-electron chi connectivity index (χ3n) is 6.91. The predicted octanol–water partition coefficient (Wildman–Crippen LogP) is 3.27. The molecule has 0 amide bonds. The number of aliphatic hydroxyl groups is 2. The molecule has 1 aliphatic rings. The number of imidazole rings is 1. The van der Waals surface area contributed by atoms with E-state index in [0.717, 1.165) is 17.3 Å². The van der Waals surface area contributed by atoms with Crippen LogP contribution in [0.15, 0.2) is 36.7 Å². The minimum absolute atomic E-state index is 0.0419. The van der Waals surface area contributed by atoms with E-state index < -0.39 is 36.5 Å². The summed E-state index contributed by atoms with van der Waals surface area (Å²) in [6.45, 7) is 6.41. The number of carbonyl (C=O) groups excluding carboxylic acids is 1. The standard InChI is InChI=1S/C27H38ClN6O8PS/c1-5-39-22-19-21(32-25(29)33-22)34(16-30-19)23-27(4,28)20(36)18(42-23)14-41-43(38,31-13-17-9-7-6-8-10-17)40-11-12-44-24(37)26(2,3)15-35/h6-10,16,18,20,23,35-36H,5,11-15H2,1-4H3,(H,31,38)(H2,29,32,33)/t18-,20-,23-,27-,43+/m1/s1. The van der Waals surface area contributed by atoms with Crippen molar-refractivity contribution in [2.75, 3.05) is 37.9 Å². The molecule has 3 heterocycles. The van der Waals surface area contributed by atoms with Gasteiger partial charge in [-0.05, 0) is 33.3 Å². The van der Waals surface area contributed by atoms with Crippen molar-refractivity contribution in [1.29, 1.82) is 0 Å². The zero-order valence-corrected chi connectivity index (χ0v) is 27.3. The Bertz CT molecular complexity index is 1480. The highest BCUT2D eigenvalue weighted by Crippen LogP contribution is 2.48. The molecular weight excluding hydrogens is 635 g/mol. The Morgan fingerprint density at radius 3 is 2.70 bits per heavy atom. The highest BCUT2D eigenvalue weighted by molar-refractivity contribution is 8.13. The first kappa shape index (κ1) is 34.5. The lowest BCUT2D eigenvalue weighted by molar-refractivity contribution is -0.119. The number of rotatable bonds is 15. The van der Waals surface area contributed by atoms with E-state index in [2.05, 4.69) is 20.0 Å². The molecule has 17 heteroatoms. The third-order valence-corrected chi connectivity index (χ3v) is 10.1. The average Bonchev–Trinajstić information content (AvgIpc) is 3.51. The molecule has 5 atom stereocenters. The van der Waals surface area contributed by atoms with Gasteiger partial charge >= 0.3 is 7.75 Å². The monoisotopic (exact) mass is 672 g/mol. The second-order valence-corrected chi connectivity index (χ2v) is 14.6. The fourth-order valence-corrected chi connectivity index (χ4v) is 6.84. The summed E-state index contributed by atoms with van der Waals surface area (Å²) in [6, 6.07) is 9.24. The largest absolute Gasteiger partial charge is 0.476 e. The molecule has 4 rings (SSSR count). The molecule has 1 aliphatic heterocycles. The molecule has 0 aliphatic carbocycles. The maximum Gasteiger partial charge on any atom is 0.405 e. The van der Waals surface area contributed by atoms with E-state index in [1.807, 2.05) is 30.3 Å². The van der Waals surface area contributed by atoms with Gasteiger partial charge in [0.1, 0.15) is 17.1 Å². The van der Waals surface area contributed by atoms with Crippen LogP contribution in [0.3, 0.4) is 0 Å². The van der Waals surface area contributed by atoms with Crippen LogP contribution < -0.4 is 15.6 Å². The van der Waals surface area contributed by atoms with Crippen LogP contribution in [0.1, 0.15) is 39.5 Å². The average molecular weight is 673 g/mol. The normalized spacial score (nSPS) is 23.6. The van der Waals surface area contributed by atoms with Gasteiger partial charge in [-0.25, -0.2) is 14.6 Å². The second-order valence-electron chi connectivity index (χ2n) is 10.9. The minimum Gasteiger partial charge on any atom is -0.476 e. The zero-order valence-electron chi connectivity index (χ0n) is 24.9. The number of ether oxygens (including phenoxy) is 2. The van der Waals surface area contributed by atoms with Crippen molar-refractivity contribution < 1.29 is 38.1 Å². The number of hydrogen-bond acceptors (Lipinski definition) is 13. The van der Waals surface area contributed by atoms with Gasteiger partial charge in [-0.3, -0.25) is 18.4 Å². The fraction of sp³-hybridized carbons (Fsp3) is 0.556. The van der Waals surface area contributed by atoms with Gasteiger partial charge in [0.25, 0.3) is 0 Å². The smallest absolute Gasteiger partial charge is 0.405 e. The molecule has 5 N–H and O–H groups in total. The van der Waals surface area contributed by atoms with Crippen LogP contribution in [0, 0.1) is 5.41 Å². The molecule has 1 saturated heterocycles. The number of nitrogens with one attached hydrogen (secondary N) is 1. The van der Waals surface area contributed by atoms with E-state index in [1.165, 1.54) is 10.9 Å². The topological polar surface area (TPSA) is 193 Å². The predicted molar refractivity (Wildman–Crippen MR) is 166 cm³/mol. The number of nitrogen functional groups attached to an aromatic ring is 1. The molecule has 0 saturated carbocycles. The van der Waals surface area contributed by atoms with Crippen molar-refractivity contribution >= 4 is 53.3 Å². The lowest BCUT2D eigenvalue weighted by Crippen LogP contribution is -2.40. The van der Waals surface area contributed by atoms with Crippen molar-refractivity contribution in [3.05, 3.63) is 42.2 Å². The summed E-state index contributed by atoms with van der Waals surface area (Å²) in [5.41, 5.74) is 6.45. The van der Waals surface area contributed by atoms with Crippen molar-refractivity contribution in [3.8, 4) is 5.88 Å². The zero-order chi connectivity index (χ0) is 32.1. The van der Waals surface area contributed by atoms with Crippen molar-refractivity contribution in [3.63, 3.8) is 0 Å². The Kier molecular flexibility index (Phi) is 11.3. The number of hydrogen-bond donors (Lipinski definition) is 4. The first-order valence-corrected chi connectivity index (χ1v) is 16.8. The van der Waals surface area contributed by atoms with Gasteiger partial charge in [-0.1, -0.05) is 42.1 Å². The molecule has 2 aromatic heterocycles. The van der Waals surface area contributed by atoms with E-state index in [4.69, 9.17) is 35.9 Å². The molecular formula is C27H38ClN6O8PS. The van der Waals surface area contributed by atoms with E-state index >= 15 is 0 Å². The molecule has 242 valence electrons. The van der Waals surface area contributed by atoms with Crippen LogP contribution in [-0.4, -0.2) is 84.1 Å². The maximum absolute atomic E-state index is 13.8. The van der Waals surface area contributed by atoms with Crippen LogP contribution in [0.4, 0.5) is 5.95 Å². The van der Waals surface area contributed by atoms with Crippen LogP contribution in [-0.2, 0) is 29.7 Å². The van der Waals surface area contributed by atoms with Crippen LogP contribution in [0.2, 0.25) is 0 Å². The number of nitrogens with zero attached hydrogens (tertiary/aromatic N) is 4. The second kappa shape index (κ2) is 14.4. The summed E-state index contributed by atoms with van der Waals surface area (Å²) in [7, 11) is -3.98. The highest BCUT2D eigenvalue weighted by atomic mass is 35.5. The lowest BCUT2D eigenvalue weighted by Gasteiger charge is -2.26. The summed E-state index contributed by atoms with van der Waals surface area (Å²) in [4.78, 5) is 23.7. The first-order valence-electron chi connectivity index (χ1n) is 13.9. The number of alkyl halides is 1. The lowest BCUT2D eigenvalue weighted by atomic mass is 9.97. The SMILES string of the molecule is CCOc1nc(N)nc2c1ncn2[C@@H]1O[C@H](CO[P@](=O)(NCc2ccccc2)OCCSC(=O)C(C)(C)CO)[C@@H](O)[C@@]1(C)Cl. The quantitative estimate of drug-likeness (QED) is 0.104. The summed E-state index contributed by atoms with van der Waals surface area (Å²) in [5.74, 6) is 0.334. The number of anilines is 1. The van der Waals surface area contributed by atoms with E-state index in [1.54, 1.807) is 27.7 Å².